The Morgan fingerprint density at radius 2 is 1.81 bits per heavy atom. The number of nitriles is 1. The van der Waals surface area contributed by atoms with Gasteiger partial charge in [-0.1, -0.05) is 29.8 Å². The fourth-order valence-corrected chi connectivity index (χ4v) is 2.84. The third-order valence-corrected chi connectivity index (χ3v) is 3.70. The van der Waals surface area contributed by atoms with E-state index in [1.54, 1.807) is 6.26 Å². The molecular weight excluding hydrogens is 284 g/mol. The van der Waals surface area contributed by atoms with Crippen molar-refractivity contribution in [3.63, 3.8) is 0 Å². The lowest BCUT2D eigenvalue weighted by Crippen LogP contribution is -2.43. The van der Waals surface area contributed by atoms with E-state index in [2.05, 4.69) is 6.07 Å². The molecule has 0 aliphatic carbocycles. The molecule has 0 heterocycles. The van der Waals surface area contributed by atoms with Crippen LogP contribution in [-0.4, -0.2) is 27.9 Å². The molecule has 0 radical (unpaired) electrons. The Bertz CT molecular complexity index is 592. The molecule has 0 spiro atoms. The topological polar surface area (TPSA) is 64.3 Å². The third kappa shape index (κ3) is 4.02. The molecule has 0 aliphatic heterocycles. The van der Waals surface area contributed by atoms with Crippen molar-refractivity contribution >= 4 is 23.4 Å². The van der Waals surface area contributed by atoms with Crippen molar-refractivity contribution in [3.8, 4) is 6.07 Å². The van der Waals surface area contributed by atoms with Gasteiger partial charge < -0.3 is 5.11 Å². The SMILES string of the molecule is CS/C(=C(\C#N)c1ccc(C)cc1)N(C(=O)O)C(C)(C)C. The van der Waals surface area contributed by atoms with Crippen LogP contribution >= 0.6 is 11.8 Å². The zero-order valence-electron chi connectivity index (χ0n) is 13.0. The van der Waals surface area contributed by atoms with Gasteiger partial charge in [0.1, 0.15) is 6.07 Å². The summed E-state index contributed by atoms with van der Waals surface area (Å²) in [5.41, 5.74) is 1.56. The lowest BCUT2D eigenvalue weighted by atomic mass is 10.0. The molecule has 1 N–H and O–H groups in total. The number of aryl methyl sites for hydroxylation is 1. The van der Waals surface area contributed by atoms with Crippen LogP contribution in [0.5, 0.6) is 0 Å². The molecule has 0 bridgehead atoms. The van der Waals surface area contributed by atoms with Crippen LogP contribution in [0.15, 0.2) is 29.3 Å². The molecule has 1 aromatic rings. The molecule has 4 nitrogen and oxygen atoms in total. The molecule has 0 saturated carbocycles. The minimum absolute atomic E-state index is 0.375. The summed E-state index contributed by atoms with van der Waals surface area (Å²) < 4.78 is 0. The van der Waals surface area contributed by atoms with Gasteiger partial charge in [-0.25, -0.2) is 4.79 Å². The maximum absolute atomic E-state index is 11.6. The fourth-order valence-electron chi connectivity index (χ4n) is 1.94. The van der Waals surface area contributed by atoms with Crippen LogP contribution in [-0.2, 0) is 0 Å². The average molecular weight is 304 g/mol. The monoisotopic (exact) mass is 304 g/mol. The molecule has 5 heteroatoms. The summed E-state index contributed by atoms with van der Waals surface area (Å²) in [5.74, 6) is 0. The number of allylic oxidation sites excluding steroid dienone is 1. The number of amides is 1. The van der Waals surface area contributed by atoms with E-state index in [9.17, 15) is 15.2 Å². The standard InChI is InChI=1S/C16H20N2O2S/c1-11-6-8-12(9-7-11)13(10-17)14(21-5)18(15(19)20)16(2,3)4/h6-9H,1-5H3,(H,19,20)/b14-13+. The van der Waals surface area contributed by atoms with Crippen molar-refractivity contribution in [1.29, 1.82) is 5.26 Å². The largest absolute Gasteiger partial charge is 0.465 e. The van der Waals surface area contributed by atoms with E-state index < -0.39 is 11.6 Å². The highest BCUT2D eigenvalue weighted by Crippen LogP contribution is 2.33. The Hall–Kier alpha value is -1.93. The van der Waals surface area contributed by atoms with Crippen LogP contribution in [0.1, 0.15) is 31.9 Å². The molecule has 0 atom stereocenters. The number of hydrogen-bond donors (Lipinski definition) is 1. The van der Waals surface area contributed by atoms with Crippen molar-refractivity contribution in [2.45, 2.75) is 33.2 Å². The van der Waals surface area contributed by atoms with Gasteiger partial charge in [0.05, 0.1) is 10.6 Å². The first-order valence-corrected chi connectivity index (χ1v) is 7.73. The summed E-state index contributed by atoms with van der Waals surface area (Å²) in [5, 5.41) is 19.5. The highest BCUT2D eigenvalue weighted by Gasteiger charge is 2.31. The van der Waals surface area contributed by atoms with Gasteiger partial charge >= 0.3 is 6.09 Å². The van der Waals surface area contributed by atoms with E-state index in [1.807, 2.05) is 52.0 Å². The first kappa shape index (κ1) is 17.1. The smallest absolute Gasteiger partial charge is 0.412 e. The van der Waals surface area contributed by atoms with E-state index in [0.29, 0.717) is 10.6 Å². The van der Waals surface area contributed by atoms with E-state index in [-0.39, 0.29) is 0 Å². The van der Waals surface area contributed by atoms with Crippen LogP contribution in [0.3, 0.4) is 0 Å². The maximum Gasteiger partial charge on any atom is 0.412 e. The molecule has 112 valence electrons. The number of thioether (sulfide) groups is 1. The van der Waals surface area contributed by atoms with Crippen LogP contribution in [0.25, 0.3) is 5.57 Å². The van der Waals surface area contributed by atoms with Gasteiger partial charge in [0.2, 0.25) is 0 Å². The van der Waals surface area contributed by atoms with Gasteiger partial charge in [0.25, 0.3) is 0 Å². The quantitative estimate of drug-likeness (QED) is 0.844. The average Bonchev–Trinajstić information content (AvgIpc) is 2.38. The zero-order chi connectivity index (χ0) is 16.2. The maximum atomic E-state index is 11.6. The summed E-state index contributed by atoms with van der Waals surface area (Å²) in [6.07, 6.45) is 0.717. The van der Waals surface area contributed by atoms with Crippen LogP contribution in [0.4, 0.5) is 4.79 Å². The highest BCUT2D eigenvalue weighted by molar-refractivity contribution is 8.02. The number of carbonyl (C=O) groups is 1. The van der Waals surface area contributed by atoms with Gasteiger partial charge in [0.15, 0.2) is 0 Å². The first-order chi connectivity index (χ1) is 9.72. The Morgan fingerprint density at radius 1 is 1.29 bits per heavy atom. The molecule has 0 aromatic heterocycles. The molecule has 0 unspecified atom stereocenters. The van der Waals surface area contributed by atoms with Crippen molar-refractivity contribution in [1.82, 2.24) is 4.90 Å². The van der Waals surface area contributed by atoms with Gasteiger partial charge in [-0.15, -0.1) is 11.8 Å². The second kappa shape index (κ2) is 6.68. The number of carboxylic acid groups (broad SMARTS) is 1. The normalized spacial score (nSPS) is 12.4. The number of hydrogen-bond acceptors (Lipinski definition) is 3. The first-order valence-electron chi connectivity index (χ1n) is 6.51. The van der Waals surface area contributed by atoms with E-state index in [4.69, 9.17) is 0 Å². The summed E-state index contributed by atoms with van der Waals surface area (Å²) in [7, 11) is 0. The summed E-state index contributed by atoms with van der Waals surface area (Å²) in [6, 6.07) is 9.65. The fraction of sp³-hybridized carbons (Fsp3) is 0.375. The van der Waals surface area contributed by atoms with Crippen LogP contribution < -0.4 is 0 Å². The van der Waals surface area contributed by atoms with Gasteiger partial charge in [-0.2, -0.15) is 5.26 Å². The van der Waals surface area contributed by atoms with Gasteiger partial charge in [-0.05, 0) is 39.5 Å². The number of benzene rings is 1. The number of nitrogens with zero attached hydrogens (tertiary/aromatic N) is 2. The molecule has 0 fully saturated rings. The zero-order valence-corrected chi connectivity index (χ0v) is 13.8. The summed E-state index contributed by atoms with van der Waals surface area (Å²) in [6.45, 7) is 7.39. The Labute approximate surface area is 130 Å². The molecule has 0 aliphatic rings. The summed E-state index contributed by atoms with van der Waals surface area (Å²) in [4.78, 5) is 12.9. The van der Waals surface area contributed by atoms with Gasteiger partial charge in [-0.3, -0.25) is 4.90 Å². The third-order valence-electron chi connectivity index (χ3n) is 2.92. The molecule has 1 aromatic carbocycles. The Kier molecular flexibility index (Phi) is 5.45. The lowest BCUT2D eigenvalue weighted by Gasteiger charge is -2.34. The second-order valence-corrected chi connectivity index (χ2v) is 6.45. The van der Waals surface area contributed by atoms with Crippen molar-refractivity contribution in [2.75, 3.05) is 6.26 Å². The van der Waals surface area contributed by atoms with Crippen molar-refractivity contribution in [3.05, 3.63) is 40.4 Å². The van der Waals surface area contributed by atoms with E-state index in [1.165, 1.54) is 16.7 Å². The minimum Gasteiger partial charge on any atom is -0.465 e. The van der Waals surface area contributed by atoms with E-state index in [0.717, 1.165) is 11.1 Å². The van der Waals surface area contributed by atoms with Crippen molar-refractivity contribution in [2.24, 2.45) is 0 Å². The predicted octanol–water partition coefficient (Wildman–Crippen LogP) is 4.33. The molecule has 1 amide bonds. The molecular formula is C16H20N2O2S. The minimum atomic E-state index is -1.06. The van der Waals surface area contributed by atoms with E-state index >= 15 is 0 Å². The Balaban J connectivity index is 3.52. The Morgan fingerprint density at radius 3 is 2.14 bits per heavy atom. The molecule has 1 rings (SSSR count). The molecule has 0 saturated heterocycles. The second-order valence-electron chi connectivity index (χ2n) is 5.65. The summed E-state index contributed by atoms with van der Waals surface area (Å²) >= 11 is 1.27. The number of rotatable bonds is 3. The van der Waals surface area contributed by atoms with Crippen LogP contribution in [0, 0.1) is 18.3 Å². The van der Waals surface area contributed by atoms with Gasteiger partial charge in [0, 0.05) is 5.54 Å². The van der Waals surface area contributed by atoms with Crippen molar-refractivity contribution < 1.29 is 9.90 Å². The molecule has 21 heavy (non-hydrogen) atoms. The lowest BCUT2D eigenvalue weighted by molar-refractivity contribution is 0.128. The predicted molar refractivity (Wildman–Crippen MR) is 86.8 cm³/mol. The van der Waals surface area contributed by atoms with Crippen LogP contribution in [0.2, 0.25) is 0 Å². The highest BCUT2D eigenvalue weighted by atomic mass is 32.2.